The van der Waals surface area contributed by atoms with E-state index in [4.69, 9.17) is 0 Å². The first-order chi connectivity index (χ1) is 9.11. The zero-order valence-electron chi connectivity index (χ0n) is 12.7. The van der Waals surface area contributed by atoms with E-state index in [1.807, 2.05) is 0 Å². The van der Waals surface area contributed by atoms with Gasteiger partial charge in [-0.25, -0.2) is 0 Å². The molecule has 1 heterocycles. The lowest BCUT2D eigenvalue weighted by Gasteiger charge is -2.31. The smallest absolute Gasteiger partial charge is 0.233 e. The largest absolute Gasteiger partial charge is 0.355 e. The van der Waals surface area contributed by atoms with Crippen molar-refractivity contribution in [2.75, 3.05) is 32.7 Å². The Labute approximate surface area is 117 Å². The lowest BCUT2D eigenvalue weighted by atomic mass is 10.0. The molecule has 0 saturated carbocycles. The Morgan fingerprint density at radius 1 is 1.32 bits per heavy atom. The summed E-state index contributed by atoms with van der Waals surface area (Å²) in [5.41, 5.74) is 1.38. The van der Waals surface area contributed by atoms with Crippen molar-refractivity contribution >= 4 is 5.91 Å². The van der Waals surface area contributed by atoms with Crippen molar-refractivity contribution < 1.29 is 4.79 Å². The van der Waals surface area contributed by atoms with Gasteiger partial charge in [-0.15, -0.1) is 0 Å². The molecule has 1 rings (SSSR count). The van der Waals surface area contributed by atoms with Gasteiger partial charge in [0.05, 0.1) is 6.54 Å². The van der Waals surface area contributed by atoms with Crippen molar-refractivity contribution in [3.8, 4) is 0 Å². The van der Waals surface area contributed by atoms with Gasteiger partial charge in [-0.1, -0.05) is 18.6 Å². The highest BCUT2D eigenvalue weighted by molar-refractivity contribution is 5.77. The Morgan fingerprint density at radius 2 is 2.00 bits per heavy atom. The number of carbonyl (C=O) groups is 1. The number of nitrogens with zero attached hydrogens (tertiary/aromatic N) is 1. The van der Waals surface area contributed by atoms with Crippen molar-refractivity contribution in [2.24, 2.45) is 0 Å². The third kappa shape index (κ3) is 7.33. The fraction of sp³-hybridized carbons (Fsp3) is 0.800. The van der Waals surface area contributed by atoms with Gasteiger partial charge in [0, 0.05) is 19.1 Å². The second kappa shape index (κ2) is 9.10. The molecular formula is C15H29N3O. The van der Waals surface area contributed by atoms with Gasteiger partial charge in [0.1, 0.15) is 0 Å². The topological polar surface area (TPSA) is 44.4 Å². The van der Waals surface area contributed by atoms with Gasteiger partial charge in [-0.3, -0.25) is 9.69 Å². The first-order valence-electron chi connectivity index (χ1n) is 7.47. The number of hydrogen-bond donors (Lipinski definition) is 2. The summed E-state index contributed by atoms with van der Waals surface area (Å²) in [4.78, 5) is 14.0. The molecule has 1 aliphatic rings. The summed E-state index contributed by atoms with van der Waals surface area (Å²) >= 11 is 0. The molecule has 1 aliphatic heterocycles. The van der Waals surface area contributed by atoms with Gasteiger partial charge in [0.2, 0.25) is 5.91 Å². The predicted octanol–water partition coefficient (Wildman–Crippen LogP) is 1.53. The SMILES string of the molecule is CCCNC(=O)CNC1CCN(CC=C(C)C)CC1. The average molecular weight is 267 g/mol. The molecule has 1 fully saturated rings. The molecular weight excluding hydrogens is 238 g/mol. The van der Waals surface area contributed by atoms with Gasteiger partial charge in [-0.05, 0) is 46.2 Å². The number of piperidine rings is 1. The minimum atomic E-state index is 0.119. The fourth-order valence-electron chi connectivity index (χ4n) is 2.20. The Hall–Kier alpha value is -0.870. The first kappa shape index (κ1) is 16.2. The number of allylic oxidation sites excluding steroid dienone is 1. The lowest BCUT2D eigenvalue weighted by molar-refractivity contribution is -0.120. The monoisotopic (exact) mass is 267 g/mol. The second-order valence-corrected chi connectivity index (χ2v) is 5.59. The molecule has 19 heavy (non-hydrogen) atoms. The summed E-state index contributed by atoms with van der Waals surface area (Å²) < 4.78 is 0. The van der Waals surface area contributed by atoms with E-state index < -0.39 is 0 Å². The first-order valence-corrected chi connectivity index (χ1v) is 7.47. The minimum Gasteiger partial charge on any atom is -0.355 e. The zero-order valence-corrected chi connectivity index (χ0v) is 12.7. The van der Waals surface area contributed by atoms with Crippen LogP contribution in [0.25, 0.3) is 0 Å². The molecule has 0 unspecified atom stereocenters. The minimum absolute atomic E-state index is 0.119. The summed E-state index contributed by atoms with van der Waals surface area (Å²) in [6, 6.07) is 0.496. The number of rotatable bonds is 7. The van der Waals surface area contributed by atoms with E-state index in [2.05, 4.69) is 42.4 Å². The lowest BCUT2D eigenvalue weighted by Crippen LogP contribution is -2.45. The Bertz CT molecular complexity index is 290. The van der Waals surface area contributed by atoms with Gasteiger partial charge < -0.3 is 10.6 Å². The zero-order chi connectivity index (χ0) is 14.1. The van der Waals surface area contributed by atoms with E-state index >= 15 is 0 Å². The molecule has 2 N–H and O–H groups in total. The van der Waals surface area contributed by atoms with Crippen LogP contribution in [-0.2, 0) is 4.79 Å². The van der Waals surface area contributed by atoms with Crippen LogP contribution in [0.15, 0.2) is 11.6 Å². The van der Waals surface area contributed by atoms with Crippen molar-refractivity contribution in [1.82, 2.24) is 15.5 Å². The molecule has 0 aromatic heterocycles. The third-order valence-electron chi connectivity index (χ3n) is 3.47. The molecule has 1 saturated heterocycles. The third-order valence-corrected chi connectivity index (χ3v) is 3.47. The molecule has 0 spiro atoms. The normalized spacial score (nSPS) is 17.2. The van der Waals surface area contributed by atoms with Gasteiger partial charge in [0.15, 0.2) is 0 Å². The number of likely N-dealkylation sites (tertiary alicyclic amines) is 1. The highest BCUT2D eigenvalue weighted by Crippen LogP contribution is 2.10. The number of amides is 1. The maximum absolute atomic E-state index is 11.5. The summed E-state index contributed by atoms with van der Waals surface area (Å²) in [6.07, 6.45) is 5.55. The molecule has 0 aliphatic carbocycles. The van der Waals surface area contributed by atoms with Crippen LogP contribution in [0.1, 0.15) is 40.0 Å². The van der Waals surface area contributed by atoms with Crippen LogP contribution in [0, 0.1) is 0 Å². The molecule has 4 nitrogen and oxygen atoms in total. The van der Waals surface area contributed by atoms with Crippen molar-refractivity contribution in [3.05, 3.63) is 11.6 Å². The van der Waals surface area contributed by atoms with Crippen molar-refractivity contribution in [1.29, 1.82) is 0 Å². The van der Waals surface area contributed by atoms with Crippen molar-refractivity contribution in [2.45, 2.75) is 46.1 Å². The van der Waals surface area contributed by atoms with Crippen molar-refractivity contribution in [3.63, 3.8) is 0 Å². The van der Waals surface area contributed by atoms with Gasteiger partial charge >= 0.3 is 0 Å². The van der Waals surface area contributed by atoms with Gasteiger partial charge in [0.25, 0.3) is 0 Å². The van der Waals surface area contributed by atoms with E-state index in [-0.39, 0.29) is 5.91 Å². The molecule has 110 valence electrons. The molecule has 0 aromatic rings. The summed E-state index contributed by atoms with van der Waals surface area (Å²) in [7, 11) is 0. The van der Waals surface area contributed by atoms with Crippen LogP contribution < -0.4 is 10.6 Å². The summed E-state index contributed by atoms with van der Waals surface area (Å²) in [6.45, 7) is 10.9. The fourth-order valence-corrected chi connectivity index (χ4v) is 2.20. The maximum atomic E-state index is 11.5. The average Bonchev–Trinajstić information content (AvgIpc) is 2.41. The standard InChI is InChI=1S/C15H29N3O/c1-4-8-16-15(19)12-17-14-6-10-18(11-7-14)9-5-13(2)3/h5,14,17H,4,6-12H2,1-3H3,(H,16,19). The molecule has 0 aromatic carbocycles. The van der Waals surface area contributed by atoms with Crippen LogP contribution >= 0.6 is 0 Å². The highest BCUT2D eigenvalue weighted by atomic mass is 16.1. The summed E-state index contributed by atoms with van der Waals surface area (Å²) in [5.74, 6) is 0.119. The van der Waals surface area contributed by atoms with Gasteiger partial charge in [-0.2, -0.15) is 0 Å². The predicted molar refractivity (Wildman–Crippen MR) is 80.2 cm³/mol. The highest BCUT2D eigenvalue weighted by Gasteiger charge is 2.18. The molecule has 0 atom stereocenters. The van der Waals surface area contributed by atoms with E-state index in [9.17, 15) is 4.79 Å². The van der Waals surface area contributed by atoms with E-state index in [1.54, 1.807) is 0 Å². The van der Waals surface area contributed by atoms with Crippen LogP contribution in [0.4, 0.5) is 0 Å². The van der Waals surface area contributed by atoms with Crippen LogP contribution in [0.5, 0.6) is 0 Å². The number of nitrogens with one attached hydrogen (secondary N) is 2. The van der Waals surface area contributed by atoms with E-state index in [1.165, 1.54) is 5.57 Å². The van der Waals surface area contributed by atoms with E-state index in [0.29, 0.717) is 12.6 Å². The van der Waals surface area contributed by atoms with Crippen LogP contribution in [0.2, 0.25) is 0 Å². The molecule has 1 amide bonds. The molecule has 4 heteroatoms. The van der Waals surface area contributed by atoms with E-state index in [0.717, 1.165) is 45.4 Å². The maximum Gasteiger partial charge on any atom is 0.233 e. The Morgan fingerprint density at radius 3 is 2.58 bits per heavy atom. The Balaban J connectivity index is 2.13. The quantitative estimate of drug-likeness (QED) is 0.688. The molecule has 0 radical (unpaired) electrons. The number of hydrogen-bond acceptors (Lipinski definition) is 3. The summed E-state index contributed by atoms with van der Waals surface area (Å²) in [5, 5.41) is 6.26. The molecule has 0 bridgehead atoms. The second-order valence-electron chi connectivity index (χ2n) is 5.59. The van der Waals surface area contributed by atoms with Crippen LogP contribution in [-0.4, -0.2) is 49.6 Å². The van der Waals surface area contributed by atoms with Crippen LogP contribution in [0.3, 0.4) is 0 Å². The Kier molecular flexibility index (Phi) is 7.75. The number of carbonyl (C=O) groups excluding carboxylic acids is 1.